The molecular weight excluding hydrogens is 228 g/mol. The third-order valence-electron chi connectivity index (χ3n) is 1.56. The van der Waals surface area contributed by atoms with Crippen molar-refractivity contribution >= 4 is 27.3 Å². The summed E-state index contributed by atoms with van der Waals surface area (Å²) in [6, 6.07) is 5.88. The molecule has 0 aliphatic carbocycles. The van der Waals surface area contributed by atoms with E-state index in [1.54, 1.807) is 0 Å². The number of nitrogens with two attached hydrogens (primary N) is 1. The van der Waals surface area contributed by atoms with Crippen LogP contribution >= 0.6 is 15.9 Å². The minimum Gasteiger partial charge on any atom is -0.396 e. The van der Waals surface area contributed by atoms with Crippen molar-refractivity contribution in [2.24, 2.45) is 0 Å². The summed E-state index contributed by atoms with van der Waals surface area (Å²) in [6.45, 7) is 6.31. The lowest BCUT2D eigenvalue weighted by atomic mass is 10.1. The van der Waals surface area contributed by atoms with Crippen LogP contribution in [0.2, 0.25) is 0 Å². The van der Waals surface area contributed by atoms with Gasteiger partial charge in [-0.2, -0.15) is 0 Å². The van der Waals surface area contributed by atoms with Crippen LogP contribution in [0.4, 0.5) is 11.4 Å². The molecule has 0 saturated heterocycles. The first kappa shape index (κ1) is 10.4. The van der Waals surface area contributed by atoms with Gasteiger partial charge in [0.15, 0.2) is 0 Å². The van der Waals surface area contributed by atoms with E-state index in [-0.39, 0.29) is 5.54 Å². The highest BCUT2D eigenvalue weighted by Crippen LogP contribution is 2.28. The Balaban J connectivity index is 2.96. The van der Waals surface area contributed by atoms with Crippen molar-refractivity contribution in [3.8, 4) is 0 Å². The molecule has 0 saturated carbocycles. The van der Waals surface area contributed by atoms with Crippen molar-refractivity contribution in [2.75, 3.05) is 11.1 Å². The van der Waals surface area contributed by atoms with Crippen LogP contribution in [-0.4, -0.2) is 5.54 Å². The minimum atomic E-state index is 0.0366. The molecule has 0 radical (unpaired) electrons. The fourth-order valence-electron chi connectivity index (χ4n) is 1.05. The molecule has 3 N–H and O–H groups in total. The number of nitrogens with one attached hydrogen (secondary N) is 1. The summed E-state index contributed by atoms with van der Waals surface area (Å²) in [5.74, 6) is 0. The molecule has 0 aliphatic heterocycles. The van der Waals surface area contributed by atoms with Crippen LogP contribution in [-0.2, 0) is 0 Å². The van der Waals surface area contributed by atoms with Crippen molar-refractivity contribution in [3.05, 3.63) is 22.7 Å². The molecule has 1 aromatic carbocycles. The normalized spacial score (nSPS) is 11.4. The van der Waals surface area contributed by atoms with E-state index in [2.05, 4.69) is 42.0 Å². The van der Waals surface area contributed by atoms with E-state index < -0.39 is 0 Å². The first-order chi connectivity index (χ1) is 5.90. The van der Waals surface area contributed by atoms with E-state index >= 15 is 0 Å². The molecule has 1 aromatic rings. The minimum absolute atomic E-state index is 0.0366. The summed E-state index contributed by atoms with van der Waals surface area (Å²) in [4.78, 5) is 0. The molecule has 2 nitrogen and oxygen atoms in total. The number of hydrogen-bond donors (Lipinski definition) is 2. The van der Waals surface area contributed by atoms with Crippen LogP contribution in [0.3, 0.4) is 0 Å². The molecule has 0 bridgehead atoms. The molecule has 0 fully saturated rings. The first-order valence-electron chi connectivity index (χ1n) is 4.22. The van der Waals surface area contributed by atoms with Gasteiger partial charge < -0.3 is 11.1 Å². The number of anilines is 2. The van der Waals surface area contributed by atoms with Crippen LogP contribution in [0.5, 0.6) is 0 Å². The van der Waals surface area contributed by atoms with E-state index in [4.69, 9.17) is 5.73 Å². The van der Waals surface area contributed by atoms with Crippen molar-refractivity contribution in [3.63, 3.8) is 0 Å². The largest absolute Gasteiger partial charge is 0.396 e. The molecule has 0 aliphatic rings. The van der Waals surface area contributed by atoms with Crippen LogP contribution in [0, 0.1) is 0 Å². The highest BCUT2D eigenvalue weighted by atomic mass is 79.9. The fraction of sp³-hybridized carbons (Fsp3) is 0.400. The lowest BCUT2D eigenvalue weighted by Crippen LogP contribution is -2.26. The predicted octanol–water partition coefficient (Wildman–Crippen LogP) is 3.24. The third-order valence-corrected chi connectivity index (χ3v) is 2.25. The van der Waals surface area contributed by atoms with Gasteiger partial charge in [-0.15, -0.1) is 0 Å². The van der Waals surface area contributed by atoms with Crippen molar-refractivity contribution in [2.45, 2.75) is 26.3 Å². The second kappa shape index (κ2) is 3.58. The van der Waals surface area contributed by atoms with Gasteiger partial charge in [0.05, 0.1) is 11.4 Å². The van der Waals surface area contributed by atoms with Crippen molar-refractivity contribution in [1.82, 2.24) is 0 Å². The number of halogens is 1. The van der Waals surface area contributed by atoms with E-state index in [0.717, 1.165) is 15.8 Å². The topological polar surface area (TPSA) is 38.0 Å². The zero-order valence-corrected chi connectivity index (χ0v) is 9.77. The first-order valence-corrected chi connectivity index (χ1v) is 5.01. The predicted molar refractivity (Wildman–Crippen MR) is 61.9 cm³/mol. The second-order valence-electron chi connectivity index (χ2n) is 4.08. The van der Waals surface area contributed by atoms with E-state index in [1.165, 1.54) is 0 Å². The molecule has 3 heteroatoms. The Kier molecular flexibility index (Phi) is 2.86. The summed E-state index contributed by atoms with van der Waals surface area (Å²) in [6.07, 6.45) is 0. The highest BCUT2D eigenvalue weighted by Gasteiger charge is 2.11. The fourth-order valence-corrected chi connectivity index (χ4v) is 1.42. The molecule has 0 amide bonds. The number of hydrogen-bond acceptors (Lipinski definition) is 2. The summed E-state index contributed by atoms with van der Waals surface area (Å²) < 4.78 is 0.932. The average Bonchev–Trinajstić information content (AvgIpc) is 1.96. The Labute approximate surface area is 87.6 Å². The zero-order valence-electron chi connectivity index (χ0n) is 8.19. The lowest BCUT2D eigenvalue weighted by Gasteiger charge is -2.23. The molecular formula is C10H15BrN2. The van der Waals surface area contributed by atoms with E-state index in [1.807, 2.05) is 18.2 Å². The Hall–Kier alpha value is -0.700. The lowest BCUT2D eigenvalue weighted by molar-refractivity contribution is 0.634. The third kappa shape index (κ3) is 2.92. The molecule has 0 atom stereocenters. The zero-order chi connectivity index (χ0) is 10.1. The van der Waals surface area contributed by atoms with Gasteiger partial charge in [0, 0.05) is 10.0 Å². The maximum absolute atomic E-state index is 5.88. The SMILES string of the molecule is CC(C)(C)Nc1cccc(Br)c1N. The van der Waals surface area contributed by atoms with Crippen molar-refractivity contribution < 1.29 is 0 Å². The Morgan fingerprint density at radius 2 is 1.92 bits per heavy atom. The molecule has 72 valence electrons. The number of benzene rings is 1. The van der Waals surface area contributed by atoms with E-state index in [0.29, 0.717) is 0 Å². The molecule has 0 spiro atoms. The maximum Gasteiger partial charge on any atom is 0.0694 e. The quantitative estimate of drug-likeness (QED) is 0.743. The Morgan fingerprint density at radius 1 is 1.31 bits per heavy atom. The summed E-state index contributed by atoms with van der Waals surface area (Å²) in [5, 5.41) is 3.34. The average molecular weight is 243 g/mol. The standard InChI is InChI=1S/C10H15BrN2/c1-10(2,3)13-8-6-4-5-7(11)9(8)12/h4-6,13H,12H2,1-3H3. The number of nitrogen functional groups attached to an aromatic ring is 1. The number of para-hydroxylation sites is 1. The monoisotopic (exact) mass is 242 g/mol. The molecule has 0 aromatic heterocycles. The summed E-state index contributed by atoms with van der Waals surface area (Å²) in [5.41, 5.74) is 7.65. The van der Waals surface area contributed by atoms with Gasteiger partial charge in [-0.3, -0.25) is 0 Å². The van der Waals surface area contributed by atoms with Gasteiger partial charge >= 0.3 is 0 Å². The molecule has 13 heavy (non-hydrogen) atoms. The maximum atomic E-state index is 5.88. The highest BCUT2D eigenvalue weighted by molar-refractivity contribution is 9.10. The summed E-state index contributed by atoms with van der Waals surface area (Å²) >= 11 is 3.39. The van der Waals surface area contributed by atoms with Gasteiger partial charge in [0.25, 0.3) is 0 Å². The van der Waals surface area contributed by atoms with Crippen molar-refractivity contribution in [1.29, 1.82) is 0 Å². The molecule has 0 heterocycles. The van der Waals surface area contributed by atoms with Crippen LogP contribution in [0.15, 0.2) is 22.7 Å². The molecule has 1 rings (SSSR count). The summed E-state index contributed by atoms with van der Waals surface area (Å²) in [7, 11) is 0. The van der Waals surface area contributed by atoms with Crippen LogP contribution < -0.4 is 11.1 Å². The number of rotatable bonds is 1. The van der Waals surface area contributed by atoms with Crippen LogP contribution in [0.25, 0.3) is 0 Å². The molecule has 0 unspecified atom stereocenters. The van der Waals surface area contributed by atoms with Gasteiger partial charge in [-0.25, -0.2) is 0 Å². The van der Waals surface area contributed by atoms with Gasteiger partial charge in [0.1, 0.15) is 0 Å². The smallest absolute Gasteiger partial charge is 0.0694 e. The second-order valence-corrected chi connectivity index (χ2v) is 4.93. The Morgan fingerprint density at radius 3 is 2.46 bits per heavy atom. The van der Waals surface area contributed by atoms with Crippen LogP contribution in [0.1, 0.15) is 20.8 Å². The van der Waals surface area contributed by atoms with Gasteiger partial charge in [0.2, 0.25) is 0 Å². The van der Waals surface area contributed by atoms with Gasteiger partial charge in [-0.1, -0.05) is 6.07 Å². The Bertz CT molecular complexity index is 302. The van der Waals surface area contributed by atoms with Gasteiger partial charge in [-0.05, 0) is 48.8 Å². The van der Waals surface area contributed by atoms with E-state index in [9.17, 15) is 0 Å².